The lowest BCUT2D eigenvalue weighted by Crippen LogP contribution is -1.91. The van der Waals surface area contributed by atoms with Gasteiger partial charge in [0, 0.05) is 5.56 Å². The van der Waals surface area contributed by atoms with Crippen LogP contribution in [0.25, 0.3) is 0 Å². The summed E-state index contributed by atoms with van der Waals surface area (Å²) in [7, 11) is 0. The van der Waals surface area contributed by atoms with Crippen molar-refractivity contribution in [2.45, 2.75) is 0 Å². The van der Waals surface area contributed by atoms with E-state index >= 15 is 0 Å². The Morgan fingerprint density at radius 3 is 2.29 bits per heavy atom. The van der Waals surface area contributed by atoms with Crippen molar-refractivity contribution in [3.63, 3.8) is 0 Å². The van der Waals surface area contributed by atoms with Crippen molar-refractivity contribution in [1.82, 2.24) is 0 Å². The van der Waals surface area contributed by atoms with Gasteiger partial charge in [0.2, 0.25) is 0 Å². The van der Waals surface area contributed by atoms with Crippen LogP contribution in [0.5, 0.6) is 0 Å². The van der Waals surface area contributed by atoms with Gasteiger partial charge in [0.15, 0.2) is 0 Å². The van der Waals surface area contributed by atoms with E-state index in [0.29, 0.717) is 5.75 Å². The monoisotopic (exact) mass is 209 g/mol. The van der Waals surface area contributed by atoms with Gasteiger partial charge >= 0.3 is 0 Å². The lowest BCUT2D eigenvalue weighted by atomic mass is 10.1. The van der Waals surface area contributed by atoms with Gasteiger partial charge in [-0.25, -0.2) is 8.78 Å². The Labute approximate surface area is 85.8 Å². The highest BCUT2D eigenvalue weighted by Gasteiger charge is 2.09. The molecule has 0 aliphatic rings. The van der Waals surface area contributed by atoms with Crippen LogP contribution in [0.4, 0.5) is 8.78 Å². The fourth-order valence-corrected chi connectivity index (χ4v) is 0.973. The largest absolute Gasteiger partial charge is 0.205 e. The molecule has 0 aliphatic carbocycles. The van der Waals surface area contributed by atoms with E-state index < -0.39 is 17.2 Å². The van der Waals surface area contributed by atoms with E-state index in [1.807, 2.05) is 0 Å². The van der Waals surface area contributed by atoms with Crippen molar-refractivity contribution in [1.29, 1.82) is 5.26 Å². The number of hydrogen-bond acceptors (Lipinski definition) is 2. The summed E-state index contributed by atoms with van der Waals surface area (Å²) in [5.74, 6) is 3.59. The Morgan fingerprint density at radius 1 is 1.29 bits per heavy atom. The second kappa shape index (κ2) is 4.64. The summed E-state index contributed by atoms with van der Waals surface area (Å²) in [5, 5.41) is 8.39. The predicted octanol–water partition coefficient (Wildman–Crippen LogP) is 2.12. The van der Waals surface area contributed by atoms with E-state index in [1.165, 1.54) is 6.07 Å². The maximum Gasteiger partial charge on any atom is 0.145 e. The van der Waals surface area contributed by atoms with Gasteiger partial charge in [0.25, 0.3) is 0 Å². The van der Waals surface area contributed by atoms with E-state index in [9.17, 15) is 8.78 Å². The number of thiol groups is 1. The van der Waals surface area contributed by atoms with Crippen LogP contribution in [0, 0.1) is 34.8 Å². The molecule has 0 aromatic heterocycles. The van der Waals surface area contributed by atoms with Gasteiger partial charge in [-0.2, -0.15) is 17.9 Å². The first kappa shape index (κ1) is 10.6. The summed E-state index contributed by atoms with van der Waals surface area (Å²) in [6.07, 6.45) is 0. The fraction of sp³-hybridized carbons (Fsp3) is 0.100. The Bertz CT molecular complexity index is 428. The molecule has 0 radical (unpaired) electrons. The van der Waals surface area contributed by atoms with Gasteiger partial charge in [-0.15, -0.1) is 0 Å². The minimum absolute atomic E-state index is 0.202. The first-order valence-corrected chi connectivity index (χ1v) is 4.31. The zero-order valence-electron chi connectivity index (χ0n) is 7.01. The number of nitriles is 1. The Kier molecular flexibility index (Phi) is 3.50. The summed E-state index contributed by atoms with van der Waals surface area (Å²) in [6.45, 7) is 0. The Balaban J connectivity index is 3.22. The summed E-state index contributed by atoms with van der Waals surface area (Å²) < 4.78 is 26.0. The zero-order valence-corrected chi connectivity index (χ0v) is 7.91. The highest BCUT2D eigenvalue weighted by atomic mass is 32.1. The van der Waals surface area contributed by atoms with Crippen LogP contribution < -0.4 is 0 Å². The zero-order chi connectivity index (χ0) is 10.6. The average molecular weight is 209 g/mol. The van der Waals surface area contributed by atoms with Crippen LogP contribution in [0.1, 0.15) is 11.1 Å². The molecule has 0 bridgehead atoms. The molecule has 14 heavy (non-hydrogen) atoms. The molecule has 1 rings (SSSR count). The number of rotatable bonds is 0. The quantitative estimate of drug-likeness (QED) is 0.513. The van der Waals surface area contributed by atoms with Crippen molar-refractivity contribution in [2.24, 2.45) is 0 Å². The first-order chi connectivity index (χ1) is 6.69. The van der Waals surface area contributed by atoms with Gasteiger partial charge in [-0.1, -0.05) is 11.8 Å². The maximum absolute atomic E-state index is 13.0. The van der Waals surface area contributed by atoms with Crippen LogP contribution in [0.15, 0.2) is 12.1 Å². The number of halogens is 2. The van der Waals surface area contributed by atoms with Crippen molar-refractivity contribution >= 4 is 12.6 Å². The van der Waals surface area contributed by atoms with Gasteiger partial charge < -0.3 is 0 Å². The van der Waals surface area contributed by atoms with Gasteiger partial charge in [-0.05, 0) is 12.1 Å². The average Bonchev–Trinajstić information content (AvgIpc) is 2.14. The summed E-state index contributed by atoms with van der Waals surface area (Å²) in [5.41, 5.74) is -0.380. The molecule has 0 fully saturated rings. The van der Waals surface area contributed by atoms with Crippen molar-refractivity contribution in [2.75, 3.05) is 5.75 Å². The lowest BCUT2D eigenvalue weighted by molar-refractivity contribution is 0.576. The molecule has 0 saturated carbocycles. The summed E-state index contributed by atoms with van der Waals surface area (Å²) in [4.78, 5) is 0. The molecule has 1 aromatic carbocycles. The minimum Gasteiger partial charge on any atom is -0.205 e. The highest BCUT2D eigenvalue weighted by Crippen LogP contribution is 2.13. The third-order valence-electron chi connectivity index (χ3n) is 1.47. The third kappa shape index (κ3) is 2.25. The molecule has 0 aliphatic heterocycles. The van der Waals surface area contributed by atoms with E-state index in [1.54, 1.807) is 0 Å². The molecule has 0 spiro atoms. The molecule has 4 heteroatoms. The van der Waals surface area contributed by atoms with Gasteiger partial charge in [0.1, 0.15) is 23.3 Å². The third-order valence-corrected chi connectivity index (χ3v) is 1.62. The minimum atomic E-state index is -0.893. The van der Waals surface area contributed by atoms with E-state index in [0.717, 1.165) is 12.1 Å². The normalized spacial score (nSPS) is 8.71. The molecule has 0 N–H and O–H groups in total. The van der Waals surface area contributed by atoms with E-state index in [2.05, 4.69) is 24.5 Å². The number of hydrogen-bond donors (Lipinski definition) is 1. The maximum atomic E-state index is 13.0. The molecule has 1 aromatic rings. The van der Waals surface area contributed by atoms with Crippen LogP contribution in [-0.2, 0) is 0 Å². The smallest absolute Gasteiger partial charge is 0.145 e. The fourth-order valence-electron chi connectivity index (χ4n) is 0.894. The molecule has 0 unspecified atom stereocenters. The molecule has 0 heterocycles. The van der Waals surface area contributed by atoms with Crippen molar-refractivity contribution < 1.29 is 8.78 Å². The first-order valence-electron chi connectivity index (χ1n) is 3.68. The molecule has 70 valence electrons. The molecular weight excluding hydrogens is 204 g/mol. The van der Waals surface area contributed by atoms with Crippen LogP contribution in [-0.4, -0.2) is 5.75 Å². The van der Waals surface area contributed by atoms with Crippen LogP contribution >= 0.6 is 12.6 Å². The Morgan fingerprint density at radius 2 is 1.86 bits per heavy atom. The topological polar surface area (TPSA) is 23.8 Å². The predicted molar refractivity (Wildman–Crippen MR) is 51.8 cm³/mol. The Hall–Kier alpha value is -1.52. The molecule has 0 amide bonds. The van der Waals surface area contributed by atoms with Crippen LogP contribution in [0.3, 0.4) is 0 Å². The number of nitrogens with zero attached hydrogens (tertiary/aromatic N) is 1. The molecule has 0 saturated heterocycles. The van der Waals surface area contributed by atoms with Crippen molar-refractivity contribution in [3.8, 4) is 17.9 Å². The molecule has 0 atom stereocenters. The standard InChI is InChI=1S/C10H5F2NS/c11-9-4-7(2-1-3-14)5-10(12)8(9)6-13/h4-5,14H,3H2. The highest BCUT2D eigenvalue weighted by molar-refractivity contribution is 7.80. The van der Waals surface area contributed by atoms with Crippen molar-refractivity contribution in [3.05, 3.63) is 34.9 Å². The summed E-state index contributed by atoms with van der Waals surface area (Å²) >= 11 is 3.83. The summed E-state index contributed by atoms with van der Waals surface area (Å²) in [6, 6.07) is 3.49. The SMILES string of the molecule is N#Cc1c(F)cc(C#CCS)cc1F. The second-order valence-electron chi connectivity index (χ2n) is 2.39. The van der Waals surface area contributed by atoms with Crippen LogP contribution in [0.2, 0.25) is 0 Å². The molecule has 1 nitrogen and oxygen atoms in total. The van der Waals surface area contributed by atoms with E-state index in [-0.39, 0.29) is 5.56 Å². The lowest BCUT2D eigenvalue weighted by Gasteiger charge is -1.96. The second-order valence-corrected chi connectivity index (χ2v) is 2.70. The van der Waals surface area contributed by atoms with Gasteiger partial charge in [-0.3, -0.25) is 0 Å². The van der Waals surface area contributed by atoms with Gasteiger partial charge in [0.05, 0.1) is 5.75 Å². The van der Waals surface area contributed by atoms with E-state index in [4.69, 9.17) is 5.26 Å². The molecular formula is C10H5F2NS. The number of benzene rings is 1.